The quantitative estimate of drug-likeness (QED) is 0.598. The van der Waals surface area contributed by atoms with Crippen LogP contribution in [-0.4, -0.2) is 46.6 Å². The Kier molecular flexibility index (Phi) is 4.04. The lowest BCUT2D eigenvalue weighted by atomic mass is 9.42. The third-order valence-electron chi connectivity index (χ3n) is 6.39. The van der Waals surface area contributed by atoms with Crippen LogP contribution in [0.25, 0.3) is 0 Å². The van der Waals surface area contributed by atoms with E-state index in [-0.39, 0.29) is 17.0 Å². The lowest BCUT2D eigenvalue weighted by Gasteiger charge is -2.67. The maximum absolute atomic E-state index is 12.7. The summed E-state index contributed by atoms with van der Waals surface area (Å²) in [6.45, 7) is 7.08. The van der Waals surface area contributed by atoms with Gasteiger partial charge in [0.1, 0.15) is 11.6 Å². The van der Waals surface area contributed by atoms with Crippen LogP contribution in [0.15, 0.2) is 0 Å². The molecule has 1 heterocycles. The summed E-state index contributed by atoms with van der Waals surface area (Å²) in [4.78, 5) is 12.7. The van der Waals surface area contributed by atoms with Crippen LogP contribution in [0.5, 0.6) is 0 Å². The predicted octanol–water partition coefficient (Wildman–Crippen LogP) is 1.11. The van der Waals surface area contributed by atoms with Crippen LogP contribution in [0.1, 0.15) is 52.9 Å². The molecule has 4 atom stereocenters. The third kappa shape index (κ3) is 2.30. The molecule has 4 rings (SSSR count). The summed E-state index contributed by atoms with van der Waals surface area (Å²) in [6.07, 6.45) is 4.66. The van der Waals surface area contributed by atoms with Crippen LogP contribution in [-0.2, 0) is 14.3 Å². The number of rotatable bonds is 4. The molecule has 3 unspecified atom stereocenters. The largest absolute Gasteiger partial charge is 0.651 e. The fourth-order valence-electron chi connectivity index (χ4n) is 4.83. The highest BCUT2D eigenvalue weighted by Gasteiger charge is 2.67. The van der Waals surface area contributed by atoms with Crippen molar-refractivity contribution in [3.8, 4) is 0 Å². The molecular formula is C15H26BNO5. The van der Waals surface area contributed by atoms with Gasteiger partial charge in [0.25, 0.3) is 0 Å². The average Bonchev–Trinajstić information content (AvgIpc) is 2.87. The molecule has 4 fully saturated rings. The molecule has 0 spiro atoms. The fraction of sp³-hybridized carbons (Fsp3) is 0.933. The molecule has 0 aromatic carbocycles. The van der Waals surface area contributed by atoms with Gasteiger partial charge in [-0.2, -0.15) is 5.06 Å². The molecule has 0 radical (unpaired) electrons. The maximum atomic E-state index is 12.7. The molecule has 3 aliphatic carbocycles. The summed E-state index contributed by atoms with van der Waals surface area (Å²) in [5.41, 5.74) is -0.361. The van der Waals surface area contributed by atoms with E-state index in [4.69, 9.17) is 19.5 Å². The first-order valence-electron chi connectivity index (χ1n) is 8.30. The molecule has 2 N–H and O–H groups in total. The Labute approximate surface area is 131 Å². The van der Waals surface area contributed by atoms with Gasteiger partial charge in [0.2, 0.25) is 0 Å². The van der Waals surface area contributed by atoms with Crippen LogP contribution in [0, 0.1) is 17.3 Å². The van der Waals surface area contributed by atoms with E-state index in [9.17, 15) is 4.79 Å². The number of esters is 1. The summed E-state index contributed by atoms with van der Waals surface area (Å²) >= 11 is 0. The number of hydroxylamine groups is 2. The van der Waals surface area contributed by atoms with Gasteiger partial charge < -0.3 is 14.8 Å². The second-order valence-electron chi connectivity index (χ2n) is 7.64. The smallest absolute Gasteiger partial charge is 0.457 e. The summed E-state index contributed by atoms with van der Waals surface area (Å²) in [6, 6.07) is -0.542. The molecule has 3 saturated carbocycles. The first kappa shape index (κ1) is 16.2. The van der Waals surface area contributed by atoms with E-state index in [2.05, 4.69) is 20.8 Å². The Morgan fingerprint density at radius 3 is 2.59 bits per heavy atom. The van der Waals surface area contributed by atoms with Crippen LogP contribution >= 0.6 is 0 Å². The summed E-state index contributed by atoms with van der Waals surface area (Å²) < 4.78 is 10.9. The second kappa shape index (κ2) is 5.48. The summed E-state index contributed by atoms with van der Waals surface area (Å²) in [7, 11) is -1.90. The molecule has 6 nitrogen and oxygen atoms in total. The van der Waals surface area contributed by atoms with Crippen molar-refractivity contribution in [2.75, 3.05) is 6.54 Å². The molecule has 0 aromatic heterocycles. The van der Waals surface area contributed by atoms with Crippen LogP contribution < -0.4 is 0 Å². The first-order valence-corrected chi connectivity index (χ1v) is 8.30. The van der Waals surface area contributed by atoms with E-state index in [0.29, 0.717) is 24.8 Å². The molecule has 22 heavy (non-hydrogen) atoms. The number of carbonyl (C=O) groups is 1. The highest BCUT2D eigenvalue weighted by molar-refractivity contribution is 6.32. The van der Waals surface area contributed by atoms with Gasteiger partial charge in [-0.05, 0) is 43.9 Å². The van der Waals surface area contributed by atoms with Gasteiger partial charge in [-0.25, -0.2) is 0 Å². The van der Waals surface area contributed by atoms with Crippen LogP contribution in [0.3, 0.4) is 0 Å². The molecule has 124 valence electrons. The van der Waals surface area contributed by atoms with Crippen molar-refractivity contribution in [3.05, 3.63) is 0 Å². The van der Waals surface area contributed by atoms with Gasteiger partial charge >= 0.3 is 13.3 Å². The van der Waals surface area contributed by atoms with Crippen molar-refractivity contribution in [2.24, 2.45) is 17.3 Å². The van der Waals surface area contributed by atoms with E-state index in [1.54, 1.807) is 0 Å². The van der Waals surface area contributed by atoms with E-state index in [1.165, 1.54) is 11.5 Å². The zero-order valence-corrected chi connectivity index (χ0v) is 13.6. The Morgan fingerprint density at radius 2 is 2.00 bits per heavy atom. The lowest BCUT2D eigenvalue weighted by molar-refractivity contribution is -0.272. The predicted molar refractivity (Wildman–Crippen MR) is 80.1 cm³/mol. The fourth-order valence-corrected chi connectivity index (χ4v) is 4.83. The van der Waals surface area contributed by atoms with Gasteiger partial charge in [-0.3, -0.25) is 9.55 Å². The van der Waals surface area contributed by atoms with E-state index < -0.39 is 13.4 Å². The number of carbonyl (C=O) groups excluding carboxylic acids is 1. The Balaban J connectivity index is 1.71. The minimum atomic E-state index is -1.90. The van der Waals surface area contributed by atoms with Gasteiger partial charge in [0.15, 0.2) is 0 Å². The highest BCUT2D eigenvalue weighted by atomic mass is 16.8. The average molecular weight is 311 g/mol. The first-order chi connectivity index (χ1) is 10.3. The molecule has 2 bridgehead atoms. The number of fused-ring (bicyclic) bond motifs is 2. The normalized spacial score (nSPS) is 40.1. The molecular weight excluding hydrogens is 285 g/mol. The summed E-state index contributed by atoms with van der Waals surface area (Å²) in [5, 5.41) is 19.3. The Bertz CT molecular complexity index is 457. The van der Waals surface area contributed by atoms with Crippen molar-refractivity contribution >= 4 is 13.3 Å². The molecule has 0 aromatic rings. The topological polar surface area (TPSA) is 79.2 Å². The van der Waals surface area contributed by atoms with Crippen molar-refractivity contribution in [1.29, 1.82) is 0 Å². The number of nitrogens with zero attached hydrogens (tertiary/aromatic N) is 1. The molecule has 0 amide bonds. The molecule has 1 saturated heterocycles. The molecule has 4 aliphatic rings. The lowest BCUT2D eigenvalue weighted by Crippen LogP contribution is -2.69. The van der Waals surface area contributed by atoms with Gasteiger partial charge in [0, 0.05) is 12.0 Å². The molecule has 1 aliphatic heterocycles. The van der Waals surface area contributed by atoms with Crippen LogP contribution in [0.4, 0.5) is 0 Å². The molecule has 7 heteroatoms. The van der Waals surface area contributed by atoms with Gasteiger partial charge in [0.05, 0.1) is 0 Å². The monoisotopic (exact) mass is 311 g/mol. The SMILES string of the molecule is CC1CCC2CC1(OC(=O)[C@@H]1CCCN1OB(O)O)C2(C)C. The van der Waals surface area contributed by atoms with Crippen LogP contribution in [0.2, 0.25) is 0 Å². The van der Waals surface area contributed by atoms with Gasteiger partial charge in [-0.1, -0.05) is 20.8 Å². The zero-order valence-electron chi connectivity index (χ0n) is 13.6. The number of hydrogen-bond donors (Lipinski definition) is 2. The van der Waals surface area contributed by atoms with Gasteiger partial charge in [-0.15, -0.1) is 0 Å². The third-order valence-corrected chi connectivity index (χ3v) is 6.39. The van der Waals surface area contributed by atoms with Crippen molar-refractivity contribution in [2.45, 2.75) is 64.5 Å². The maximum Gasteiger partial charge on any atom is 0.651 e. The second-order valence-corrected chi connectivity index (χ2v) is 7.64. The van der Waals surface area contributed by atoms with E-state index in [1.807, 2.05) is 0 Å². The standard InChI is InChI=1S/C15H26BNO5/c1-10-6-7-11-9-15(10,14(11,2)3)21-13(18)12-5-4-8-17(12)22-16(19)20/h10-12,19-20H,4-9H2,1-3H3/t10?,11?,12-,15?/m0/s1. The zero-order chi connectivity index (χ0) is 16.1. The van der Waals surface area contributed by atoms with E-state index in [0.717, 1.165) is 19.3 Å². The van der Waals surface area contributed by atoms with Crippen molar-refractivity contribution in [3.63, 3.8) is 0 Å². The number of ether oxygens (including phenoxy) is 1. The Morgan fingerprint density at radius 1 is 1.27 bits per heavy atom. The highest BCUT2D eigenvalue weighted by Crippen LogP contribution is 2.66. The minimum Gasteiger partial charge on any atom is -0.457 e. The number of hydrogen-bond acceptors (Lipinski definition) is 6. The van der Waals surface area contributed by atoms with Crippen molar-refractivity contribution in [1.82, 2.24) is 5.06 Å². The minimum absolute atomic E-state index is 0.0150. The van der Waals surface area contributed by atoms with Crippen molar-refractivity contribution < 1.29 is 24.3 Å². The van der Waals surface area contributed by atoms with E-state index >= 15 is 0 Å². The Hall–Kier alpha value is -0.625. The summed E-state index contributed by atoms with van der Waals surface area (Å²) in [5.74, 6) is 0.695.